The van der Waals surface area contributed by atoms with Gasteiger partial charge in [-0.3, -0.25) is 0 Å². The fourth-order valence-electron chi connectivity index (χ4n) is 3.59. The summed E-state index contributed by atoms with van der Waals surface area (Å²) in [5.41, 5.74) is 4.37. The zero-order valence-electron chi connectivity index (χ0n) is 17.6. The van der Waals surface area contributed by atoms with E-state index in [0.717, 1.165) is 29.6 Å². The van der Waals surface area contributed by atoms with Crippen molar-refractivity contribution in [3.05, 3.63) is 92.6 Å². The summed E-state index contributed by atoms with van der Waals surface area (Å²) >= 11 is 18.6. The zero-order valence-corrected chi connectivity index (χ0v) is 19.8. The predicted octanol–water partition coefficient (Wildman–Crippen LogP) is 7.05. The average Bonchev–Trinajstić information content (AvgIpc) is 3.21. The molecule has 0 atom stereocenters. The molecule has 32 heavy (non-hydrogen) atoms. The number of methoxy groups -OCH3 is 1. The second kappa shape index (κ2) is 10.5. The van der Waals surface area contributed by atoms with Crippen molar-refractivity contribution >= 4 is 45.7 Å². The Balaban J connectivity index is 1.36. The first kappa shape index (κ1) is 22.8. The van der Waals surface area contributed by atoms with Crippen LogP contribution in [0.1, 0.15) is 16.7 Å². The summed E-state index contributed by atoms with van der Waals surface area (Å²) in [4.78, 5) is 3.32. The Bertz CT molecular complexity index is 1220. The first-order chi connectivity index (χ1) is 15.5. The lowest BCUT2D eigenvalue weighted by molar-refractivity contribution is 0.284. The number of H-pyrrole nitrogens is 1. The van der Waals surface area contributed by atoms with Gasteiger partial charge >= 0.3 is 0 Å². The minimum absolute atomic E-state index is 0.301. The highest BCUT2D eigenvalue weighted by atomic mass is 35.5. The first-order valence-corrected chi connectivity index (χ1v) is 11.4. The summed E-state index contributed by atoms with van der Waals surface area (Å²) in [7, 11) is 1.60. The van der Waals surface area contributed by atoms with Crippen LogP contribution < -0.4 is 14.8 Å². The Morgan fingerprint density at radius 1 is 0.906 bits per heavy atom. The number of aromatic nitrogens is 1. The summed E-state index contributed by atoms with van der Waals surface area (Å²) in [5, 5.41) is 6.23. The number of halogens is 3. The lowest BCUT2D eigenvalue weighted by Crippen LogP contribution is -2.16. The van der Waals surface area contributed by atoms with Crippen LogP contribution in [-0.2, 0) is 19.6 Å². The Labute approximate surface area is 202 Å². The van der Waals surface area contributed by atoms with Crippen molar-refractivity contribution in [2.45, 2.75) is 19.6 Å². The lowest BCUT2D eigenvalue weighted by Gasteiger charge is -2.15. The van der Waals surface area contributed by atoms with Gasteiger partial charge in [0.15, 0.2) is 11.5 Å². The molecule has 0 amide bonds. The molecule has 4 rings (SSSR count). The summed E-state index contributed by atoms with van der Waals surface area (Å²) in [6.07, 6.45) is 3.01. The minimum atomic E-state index is 0.301. The summed E-state index contributed by atoms with van der Waals surface area (Å²) in [6.45, 7) is 1.82. The molecule has 4 nitrogen and oxygen atoms in total. The van der Waals surface area contributed by atoms with Crippen molar-refractivity contribution in [1.82, 2.24) is 10.3 Å². The number of hydrogen-bond acceptors (Lipinski definition) is 3. The quantitative estimate of drug-likeness (QED) is 0.248. The van der Waals surface area contributed by atoms with Gasteiger partial charge in [0, 0.05) is 23.6 Å². The van der Waals surface area contributed by atoms with Gasteiger partial charge < -0.3 is 19.8 Å². The van der Waals surface area contributed by atoms with Crippen LogP contribution in [0.4, 0.5) is 0 Å². The molecule has 7 heteroatoms. The van der Waals surface area contributed by atoms with Crippen molar-refractivity contribution in [1.29, 1.82) is 0 Å². The molecule has 0 saturated carbocycles. The number of fused-ring (bicyclic) bond motifs is 1. The van der Waals surface area contributed by atoms with Gasteiger partial charge in [-0.1, -0.05) is 59.1 Å². The van der Waals surface area contributed by atoms with Crippen LogP contribution in [0.15, 0.2) is 60.8 Å². The molecule has 2 N–H and O–H groups in total. The van der Waals surface area contributed by atoms with Crippen LogP contribution in [-0.4, -0.2) is 18.6 Å². The van der Waals surface area contributed by atoms with Gasteiger partial charge in [-0.25, -0.2) is 0 Å². The fourth-order valence-corrected chi connectivity index (χ4v) is 4.20. The SMILES string of the molecule is COc1cc(CNCCc2c[nH]c3ccccc23)cc(Cl)c1OCc1ccc(Cl)c(Cl)c1. The molecule has 0 bridgehead atoms. The Morgan fingerprint density at radius 2 is 1.72 bits per heavy atom. The second-order valence-electron chi connectivity index (χ2n) is 7.43. The van der Waals surface area contributed by atoms with Crippen LogP contribution in [0.2, 0.25) is 15.1 Å². The molecule has 0 aliphatic rings. The summed E-state index contributed by atoms with van der Waals surface area (Å²) in [6, 6.07) is 17.5. The molecular formula is C25H23Cl3N2O2. The van der Waals surface area contributed by atoms with Crippen molar-refractivity contribution < 1.29 is 9.47 Å². The lowest BCUT2D eigenvalue weighted by atomic mass is 10.1. The predicted molar refractivity (Wildman–Crippen MR) is 133 cm³/mol. The number of ether oxygens (including phenoxy) is 2. The normalized spacial score (nSPS) is 11.1. The van der Waals surface area contributed by atoms with E-state index in [1.807, 2.05) is 24.3 Å². The van der Waals surface area contributed by atoms with E-state index in [-0.39, 0.29) is 0 Å². The first-order valence-electron chi connectivity index (χ1n) is 10.2. The third-order valence-electron chi connectivity index (χ3n) is 5.23. The maximum atomic E-state index is 6.51. The van der Waals surface area contributed by atoms with E-state index in [0.29, 0.717) is 39.7 Å². The number of aromatic amines is 1. The molecule has 166 valence electrons. The molecule has 0 spiro atoms. The number of benzene rings is 3. The van der Waals surface area contributed by atoms with Crippen molar-refractivity contribution in [3.8, 4) is 11.5 Å². The molecule has 0 aliphatic heterocycles. The highest BCUT2D eigenvalue weighted by Gasteiger charge is 2.13. The highest BCUT2D eigenvalue weighted by Crippen LogP contribution is 2.37. The standard InChI is InChI=1S/C25H23Cl3N2O2/c1-31-24-12-17(13-29-9-8-18-14-30-23-5-3-2-4-19(18)23)11-22(28)25(24)32-15-16-6-7-20(26)21(27)10-16/h2-7,10-12,14,29-30H,8-9,13,15H2,1H3. The third-order valence-corrected chi connectivity index (χ3v) is 6.25. The molecule has 0 saturated heterocycles. The zero-order chi connectivity index (χ0) is 22.5. The largest absolute Gasteiger partial charge is 0.493 e. The van der Waals surface area contributed by atoms with Gasteiger partial charge in [0.1, 0.15) is 6.61 Å². The Hall–Kier alpha value is -2.37. The molecule has 0 radical (unpaired) electrons. The maximum Gasteiger partial charge on any atom is 0.180 e. The maximum absolute atomic E-state index is 6.51. The van der Waals surface area contributed by atoms with Crippen molar-refractivity contribution in [3.63, 3.8) is 0 Å². The summed E-state index contributed by atoms with van der Waals surface area (Å²) < 4.78 is 11.5. The van der Waals surface area contributed by atoms with Crippen LogP contribution in [0.3, 0.4) is 0 Å². The van der Waals surface area contributed by atoms with Gasteiger partial charge in [0.2, 0.25) is 0 Å². The van der Waals surface area contributed by atoms with E-state index in [1.165, 1.54) is 10.9 Å². The number of rotatable bonds is 9. The monoisotopic (exact) mass is 488 g/mol. The molecule has 1 aromatic heterocycles. The molecule has 1 heterocycles. The van der Waals surface area contributed by atoms with E-state index in [1.54, 1.807) is 19.2 Å². The smallest absolute Gasteiger partial charge is 0.180 e. The summed E-state index contributed by atoms with van der Waals surface area (Å²) in [5.74, 6) is 1.09. The molecular weight excluding hydrogens is 467 g/mol. The van der Waals surface area contributed by atoms with Crippen molar-refractivity contribution in [2.24, 2.45) is 0 Å². The molecule has 0 unspecified atom stereocenters. The van der Waals surface area contributed by atoms with E-state index in [2.05, 4.69) is 34.7 Å². The second-order valence-corrected chi connectivity index (χ2v) is 8.65. The highest BCUT2D eigenvalue weighted by molar-refractivity contribution is 6.42. The molecule has 0 aliphatic carbocycles. The van der Waals surface area contributed by atoms with Crippen molar-refractivity contribution in [2.75, 3.05) is 13.7 Å². The fraction of sp³-hybridized carbons (Fsp3) is 0.200. The van der Waals surface area contributed by atoms with Crippen LogP contribution in [0.25, 0.3) is 10.9 Å². The van der Waals surface area contributed by atoms with Gasteiger partial charge in [0.25, 0.3) is 0 Å². The Kier molecular flexibility index (Phi) is 7.48. The van der Waals surface area contributed by atoms with E-state index in [4.69, 9.17) is 44.3 Å². The molecule has 3 aromatic carbocycles. The van der Waals surface area contributed by atoms with Gasteiger partial charge in [0.05, 0.1) is 22.2 Å². The van der Waals surface area contributed by atoms with E-state index >= 15 is 0 Å². The average molecular weight is 490 g/mol. The van der Waals surface area contributed by atoms with E-state index < -0.39 is 0 Å². The van der Waals surface area contributed by atoms with E-state index in [9.17, 15) is 0 Å². The number of para-hydroxylation sites is 1. The Morgan fingerprint density at radius 3 is 2.53 bits per heavy atom. The molecule has 4 aromatic rings. The van der Waals surface area contributed by atoms with Gasteiger partial charge in [-0.2, -0.15) is 0 Å². The van der Waals surface area contributed by atoms with Crippen LogP contribution in [0.5, 0.6) is 11.5 Å². The topological polar surface area (TPSA) is 46.3 Å². The molecule has 0 fully saturated rings. The third kappa shape index (κ3) is 5.33. The number of nitrogens with one attached hydrogen (secondary N) is 2. The number of hydrogen-bond donors (Lipinski definition) is 2. The van der Waals surface area contributed by atoms with Crippen LogP contribution in [0, 0.1) is 0 Å². The van der Waals surface area contributed by atoms with Gasteiger partial charge in [-0.15, -0.1) is 0 Å². The minimum Gasteiger partial charge on any atom is -0.493 e. The van der Waals surface area contributed by atoms with Gasteiger partial charge in [-0.05, 0) is 60.0 Å². The van der Waals surface area contributed by atoms with Crippen LogP contribution >= 0.6 is 34.8 Å².